The molecule has 2 bridgehead atoms. The van der Waals surface area contributed by atoms with Crippen LogP contribution < -0.4 is 0 Å². The molecule has 1 aromatic rings. The molecule has 7 rings (SSSR count). The Morgan fingerprint density at radius 3 is 2.44 bits per heavy atom. The van der Waals surface area contributed by atoms with E-state index in [4.69, 9.17) is 33.2 Å². The van der Waals surface area contributed by atoms with Crippen molar-refractivity contribution in [2.45, 2.75) is 101 Å². The molecule has 2 saturated heterocycles. The van der Waals surface area contributed by atoms with Crippen molar-refractivity contribution in [3.63, 3.8) is 0 Å². The molecule has 0 radical (unpaired) electrons. The number of esters is 3. The highest BCUT2D eigenvalue weighted by Gasteiger charge is 2.88. The lowest BCUT2D eigenvalue weighted by Crippen LogP contribution is -2.79. The van der Waals surface area contributed by atoms with Gasteiger partial charge in [-0.25, -0.2) is 0 Å². The molecular weight excluding hydrogens is 632 g/mol. The van der Waals surface area contributed by atoms with Gasteiger partial charge in [0, 0.05) is 56.3 Å². The third-order valence-corrected chi connectivity index (χ3v) is 12.8. The number of Topliss-reactive ketones (excluding diaryl/α,β-unsaturated/α-hetero) is 1. The summed E-state index contributed by atoms with van der Waals surface area (Å²) in [6.07, 6.45) is -1.72. The number of furan rings is 1. The normalized spacial score (nSPS) is 45.1. The minimum absolute atomic E-state index is 0.0529. The monoisotopic (exact) mass is 674 g/mol. The fraction of sp³-hybridized carbons (Fsp3) is 0.735. The van der Waals surface area contributed by atoms with Gasteiger partial charge >= 0.3 is 23.9 Å². The molecule has 0 unspecified atom stereocenters. The van der Waals surface area contributed by atoms with Crippen LogP contribution in [0.1, 0.15) is 70.8 Å². The van der Waals surface area contributed by atoms with E-state index >= 15 is 4.79 Å². The number of epoxide rings is 1. The highest BCUT2D eigenvalue weighted by atomic mass is 16.6. The summed E-state index contributed by atoms with van der Waals surface area (Å²) in [5, 5.41) is 33.3. The first-order valence-corrected chi connectivity index (χ1v) is 16.6. The van der Waals surface area contributed by atoms with Gasteiger partial charge in [-0.3, -0.25) is 24.0 Å². The molecule has 14 heteroatoms. The van der Waals surface area contributed by atoms with Crippen molar-refractivity contribution in [2.75, 3.05) is 19.8 Å². The van der Waals surface area contributed by atoms with E-state index in [0.29, 0.717) is 6.42 Å². The van der Waals surface area contributed by atoms with E-state index in [1.54, 1.807) is 12.5 Å². The SMILES string of the molecule is CC(=O)O[C@@H]1C[C@H](O)[C@@]23COC[C@]1(COC(=O)CCCC(=O)O)[C@@H]2C[C@@H](O)[C@@H]1[C@@H]3C(=O)[C@H](OC(C)=O)[C@@]2(C)[C@H](c3ccoc3)C[C@H]3O[C@]132. The number of aliphatic hydroxyl groups is 2. The van der Waals surface area contributed by atoms with E-state index in [0.717, 1.165) is 5.56 Å². The molecule has 1 spiro atoms. The summed E-state index contributed by atoms with van der Waals surface area (Å²) in [6.45, 7) is 3.89. The average molecular weight is 675 g/mol. The summed E-state index contributed by atoms with van der Waals surface area (Å²) in [7, 11) is 0. The first kappa shape index (κ1) is 33.2. The predicted octanol–water partition coefficient (Wildman–Crippen LogP) is 1.54. The van der Waals surface area contributed by atoms with E-state index < -0.39 is 93.7 Å². The van der Waals surface area contributed by atoms with Crippen LogP contribution in [-0.2, 0) is 47.7 Å². The molecule has 6 fully saturated rings. The molecule has 3 heterocycles. The zero-order chi connectivity index (χ0) is 34.4. The van der Waals surface area contributed by atoms with Crippen LogP contribution in [0, 0.1) is 34.0 Å². The minimum atomic E-state index is -1.34. The Labute approximate surface area is 276 Å². The molecule has 2 aliphatic heterocycles. The Morgan fingerprint density at radius 1 is 1.02 bits per heavy atom. The third-order valence-electron chi connectivity index (χ3n) is 12.8. The molecule has 4 saturated carbocycles. The van der Waals surface area contributed by atoms with Crippen molar-refractivity contribution in [2.24, 2.45) is 34.0 Å². The fourth-order valence-electron chi connectivity index (χ4n) is 11.0. The molecule has 1 aromatic heterocycles. The molecule has 13 atom stereocenters. The Balaban J connectivity index is 1.31. The van der Waals surface area contributed by atoms with Crippen LogP contribution in [0.2, 0.25) is 0 Å². The van der Waals surface area contributed by atoms with E-state index in [2.05, 4.69) is 0 Å². The van der Waals surface area contributed by atoms with Crippen LogP contribution in [-0.4, -0.2) is 101 Å². The molecule has 0 aromatic carbocycles. The van der Waals surface area contributed by atoms with Crippen LogP contribution in [0.5, 0.6) is 0 Å². The molecule has 14 nitrogen and oxygen atoms in total. The summed E-state index contributed by atoms with van der Waals surface area (Å²) in [6, 6.07) is 1.81. The highest BCUT2D eigenvalue weighted by molar-refractivity contribution is 5.92. The van der Waals surface area contributed by atoms with E-state index in [1.165, 1.54) is 13.8 Å². The second kappa shape index (κ2) is 11.4. The Bertz CT molecular complexity index is 1510. The number of ether oxygens (including phenoxy) is 5. The number of carbonyl (C=O) groups is 5. The maximum atomic E-state index is 15.1. The third kappa shape index (κ3) is 4.41. The molecule has 262 valence electrons. The first-order chi connectivity index (χ1) is 22.7. The van der Waals surface area contributed by atoms with Crippen LogP contribution in [0.15, 0.2) is 23.0 Å². The van der Waals surface area contributed by atoms with Crippen molar-refractivity contribution in [1.29, 1.82) is 0 Å². The number of aliphatic hydroxyl groups excluding tert-OH is 2. The lowest BCUT2D eigenvalue weighted by molar-refractivity contribution is -0.319. The number of ketones is 1. The van der Waals surface area contributed by atoms with E-state index in [9.17, 15) is 29.4 Å². The van der Waals surface area contributed by atoms with Crippen LogP contribution in [0.25, 0.3) is 0 Å². The Kier molecular flexibility index (Phi) is 7.85. The van der Waals surface area contributed by atoms with Gasteiger partial charge in [-0.15, -0.1) is 0 Å². The predicted molar refractivity (Wildman–Crippen MR) is 158 cm³/mol. The standard InChI is InChI=1S/C34H42O14/c1-16(35)46-23-11-22(38)33-15-44-13-32(23,14-45-26(41)6-4-5-25(39)40)21(33)10-20(37)27-28(33)29(42)30(47-17(2)36)31(3)19(18-7-8-43-12-18)9-24-34(27,31)48-24/h7-8,12,19-24,27-28,30,37-38H,4-6,9-11,13-15H2,1-3H3,(H,39,40)/t19-,20+,21-,22-,23+,24+,27+,28+,30-,31+,32-,33+,34-/m0/s1. The number of hydrogen-bond acceptors (Lipinski definition) is 13. The zero-order valence-electron chi connectivity index (χ0n) is 27.1. The molecule has 0 amide bonds. The summed E-state index contributed by atoms with van der Waals surface area (Å²) < 4.78 is 35.5. The number of carbonyl (C=O) groups excluding carboxylic acids is 4. The maximum Gasteiger partial charge on any atom is 0.305 e. The summed E-state index contributed by atoms with van der Waals surface area (Å²) in [4.78, 5) is 63.9. The highest BCUT2D eigenvalue weighted by Crippen LogP contribution is 2.79. The van der Waals surface area contributed by atoms with Crippen LogP contribution >= 0.6 is 0 Å². The lowest BCUT2D eigenvalue weighted by Gasteiger charge is -2.69. The van der Waals surface area contributed by atoms with E-state index in [-0.39, 0.29) is 63.9 Å². The molecule has 3 N–H and O–H groups in total. The maximum absolute atomic E-state index is 15.1. The van der Waals surface area contributed by atoms with Gasteiger partial charge in [0.05, 0.1) is 54.9 Å². The van der Waals surface area contributed by atoms with Gasteiger partial charge in [0.25, 0.3) is 0 Å². The second-order valence-electron chi connectivity index (χ2n) is 14.9. The quantitative estimate of drug-likeness (QED) is 0.193. The van der Waals surface area contributed by atoms with Gasteiger partial charge in [-0.1, -0.05) is 6.92 Å². The smallest absolute Gasteiger partial charge is 0.305 e. The number of carboxylic acid groups (broad SMARTS) is 1. The number of carboxylic acids is 1. The van der Waals surface area contributed by atoms with Crippen LogP contribution in [0.4, 0.5) is 0 Å². The lowest BCUT2D eigenvalue weighted by atomic mass is 9.37. The summed E-state index contributed by atoms with van der Waals surface area (Å²) in [5.74, 6) is -6.36. The number of fused-ring (bicyclic) bond motifs is 1. The molecule has 6 aliphatic rings. The van der Waals surface area contributed by atoms with Gasteiger partial charge in [-0.2, -0.15) is 0 Å². The average Bonchev–Trinajstić information content (AvgIpc) is 3.33. The molecular formula is C34H42O14. The van der Waals surface area contributed by atoms with Gasteiger partial charge in [0.2, 0.25) is 0 Å². The number of aliphatic carboxylic acids is 1. The van der Waals surface area contributed by atoms with Crippen molar-refractivity contribution in [1.82, 2.24) is 0 Å². The van der Waals surface area contributed by atoms with Crippen molar-refractivity contribution in [3.05, 3.63) is 24.2 Å². The van der Waals surface area contributed by atoms with Gasteiger partial charge in [-0.05, 0) is 36.8 Å². The summed E-state index contributed by atoms with van der Waals surface area (Å²) in [5.41, 5.74) is -3.93. The number of hydrogen-bond donors (Lipinski definition) is 3. The number of rotatable bonds is 9. The zero-order valence-corrected chi connectivity index (χ0v) is 27.1. The largest absolute Gasteiger partial charge is 0.481 e. The van der Waals surface area contributed by atoms with Gasteiger partial charge in [0.1, 0.15) is 18.3 Å². The van der Waals surface area contributed by atoms with Crippen molar-refractivity contribution in [3.8, 4) is 0 Å². The second-order valence-corrected chi connectivity index (χ2v) is 14.9. The molecule has 48 heavy (non-hydrogen) atoms. The van der Waals surface area contributed by atoms with Crippen molar-refractivity contribution >= 4 is 29.7 Å². The van der Waals surface area contributed by atoms with Gasteiger partial charge in [0.15, 0.2) is 11.9 Å². The topological polar surface area (TPSA) is 209 Å². The van der Waals surface area contributed by atoms with Crippen LogP contribution in [0.3, 0.4) is 0 Å². The molecule has 4 aliphatic carbocycles. The van der Waals surface area contributed by atoms with Crippen molar-refractivity contribution < 1.29 is 67.4 Å². The minimum Gasteiger partial charge on any atom is -0.481 e. The Morgan fingerprint density at radius 2 is 1.77 bits per heavy atom. The Hall–Kier alpha value is -3.33. The fourth-order valence-corrected chi connectivity index (χ4v) is 11.0. The van der Waals surface area contributed by atoms with E-state index in [1.807, 2.05) is 13.0 Å². The first-order valence-electron chi connectivity index (χ1n) is 16.6. The van der Waals surface area contributed by atoms with Gasteiger partial charge < -0.3 is 43.4 Å². The summed E-state index contributed by atoms with van der Waals surface area (Å²) >= 11 is 0.